The standard InChI is InChI=1S/C17H23NO3/c1-3-13-8-9-18(11-13)12-14-4-6-16(21-2)15(10-14)5-7-17(19)20/h4-7,10,13H,3,8-9,11-12H2,1-2H3,(H,19,20)/b7-5+. The number of hydrogen-bond donors (Lipinski definition) is 1. The maximum Gasteiger partial charge on any atom is 0.328 e. The highest BCUT2D eigenvalue weighted by Gasteiger charge is 2.20. The molecule has 0 aromatic heterocycles. The maximum atomic E-state index is 10.7. The van der Waals surface area contributed by atoms with Gasteiger partial charge in [-0.25, -0.2) is 4.79 Å². The van der Waals surface area contributed by atoms with Gasteiger partial charge < -0.3 is 9.84 Å². The molecule has 1 unspecified atom stereocenters. The van der Waals surface area contributed by atoms with Crippen LogP contribution in [0.15, 0.2) is 24.3 Å². The third-order valence-corrected chi connectivity index (χ3v) is 4.05. The van der Waals surface area contributed by atoms with Crippen molar-refractivity contribution < 1.29 is 14.6 Å². The first-order chi connectivity index (χ1) is 10.1. The Hall–Kier alpha value is -1.81. The molecule has 0 aliphatic carbocycles. The SMILES string of the molecule is CCC1CCN(Cc2ccc(OC)c(/C=C/C(=O)O)c2)C1. The Kier molecular flexibility index (Phi) is 5.39. The van der Waals surface area contributed by atoms with Gasteiger partial charge in [0.15, 0.2) is 0 Å². The average molecular weight is 289 g/mol. The zero-order chi connectivity index (χ0) is 15.2. The second-order valence-electron chi connectivity index (χ2n) is 5.55. The number of hydrogen-bond acceptors (Lipinski definition) is 3. The van der Waals surface area contributed by atoms with Gasteiger partial charge in [-0.15, -0.1) is 0 Å². The first-order valence-corrected chi connectivity index (χ1v) is 7.42. The zero-order valence-electron chi connectivity index (χ0n) is 12.7. The normalized spacial score (nSPS) is 19.2. The summed E-state index contributed by atoms with van der Waals surface area (Å²) in [7, 11) is 1.60. The first-order valence-electron chi connectivity index (χ1n) is 7.42. The molecule has 1 N–H and O–H groups in total. The van der Waals surface area contributed by atoms with Crippen LogP contribution in [-0.2, 0) is 11.3 Å². The van der Waals surface area contributed by atoms with Crippen LogP contribution in [0, 0.1) is 5.92 Å². The van der Waals surface area contributed by atoms with Crippen LogP contribution < -0.4 is 4.74 Å². The fraction of sp³-hybridized carbons (Fsp3) is 0.471. The number of carboxylic acids is 1. The molecule has 0 bridgehead atoms. The molecule has 1 aromatic carbocycles. The van der Waals surface area contributed by atoms with Crippen LogP contribution in [0.1, 0.15) is 30.9 Å². The monoisotopic (exact) mass is 289 g/mol. The molecule has 0 saturated carbocycles. The van der Waals surface area contributed by atoms with E-state index in [-0.39, 0.29) is 0 Å². The van der Waals surface area contributed by atoms with Crippen LogP contribution in [0.5, 0.6) is 5.75 Å². The Balaban J connectivity index is 2.10. The predicted octanol–water partition coefficient (Wildman–Crippen LogP) is 3.02. The molecular weight excluding hydrogens is 266 g/mol. The number of likely N-dealkylation sites (tertiary alicyclic amines) is 1. The Morgan fingerprint density at radius 2 is 2.33 bits per heavy atom. The topological polar surface area (TPSA) is 49.8 Å². The third-order valence-electron chi connectivity index (χ3n) is 4.05. The highest BCUT2D eigenvalue weighted by molar-refractivity contribution is 5.85. The molecule has 1 atom stereocenters. The first kappa shape index (κ1) is 15.6. The summed E-state index contributed by atoms with van der Waals surface area (Å²) in [5.74, 6) is 0.562. The van der Waals surface area contributed by atoms with Crippen LogP contribution in [-0.4, -0.2) is 36.2 Å². The van der Waals surface area contributed by atoms with E-state index in [0.717, 1.165) is 37.2 Å². The number of carboxylic acid groups (broad SMARTS) is 1. The summed E-state index contributed by atoms with van der Waals surface area (Å²) in [5, 5.41) is 8.76. The minimum Gasteiger partial charge on any atom is -0.496 e. The largest absolute Gasteiger partial charge is 0.496 e. The van der Waals surface area contributed by atoms with E-state index < -0.39 is 5.97 Å². The summed E-state index contributed by atoms with van der Waals surface area (Å²) in [5.41, 5.74) is 2.00. The lowest BCUT2D eigenvalue weighted by Crippen LogP contribution is -2.20. The van der Waals surface area contributed by atoms with E-state index in [2.05, 4.69) is 17.9 Å². The summed E-state index contributed by atoms with van der Waals surface area (Å²) in [6.07, 6.45) is 5.25. The fourth-order valence-electron chi connectivity index (χ4n) is 2.82. The lowest BCUT2D eigenvalue weighted by atomic mass is 10.1. The van der Waals surface area contributed by atoms with E-state index in [1.807, 2.05) is 12.1 Å². The second kappa shape index (κ2) is 7.27. The molecular formula is C17H23NO3. The number of benzene rings is 1. The fourth-order valence-corrected chi connectivity index (χ4v) is 2.82. The Bertz CT molecular complexity index is 525. The summed E-state index contributed by atoms with van der Waals surface area (Å²) >= 11 is 0. The van der Waals surface area contributed by atoms with Gasteiger partial charge in [-0.05, 0) is 42.7 Å². The molecule has 0 amide bonds. The molecule has 0 spiro atoms. The predicted molar refractivity (Wildman–Crippen MR) is 83.3 cm³/mol. The zero-order valence-corrected chi connectivity index (χ0v) is 12.7. The Morgan fingerprint density at radius 3 is 2.95 bits per heavy atom. The van der Waals surface area contributed by atoms with Crippen molar-refractivity contribution in [3.05, 3.63) is 35.4 Å². The van der Waals surface area contributed by atoms with Crippen molar-refractivity contribution in [2.24, 2.45) is 5.92 Å². The minimum atomic E-state index is -0.951. The molecule has 4 heteroatoms. The van der Waals surface area contributed by atoms with E-state index in [9.17, 15) is 4.79 Å². The van der Waals surface area contributed by atoms with E-state index in [1.54, 1.807) is 13.2 Å². The molecule has 114 valence electrons. The molecule has 2 rings (SSSR count). The smallest absolute Gasteiger partial charge is 0.328 e. The minimum absolute atomic E-state index is 0.698. The van der Waals surface area contributed by atoms with Crippen molar-refractivity contribution >= 4 is 12.0 Å². The van der Waals surface area contributed by atoms with Crippen molar-refractivity contribution in [2.45, 2.75) is 26.3 Å². The summed E-state index contributed by atoms with van der Waals surface area (Å²) < 4.78 is 5.28. The lowest BCUT2D eigenvalue weighted by Gasteiger charge is -2.16. The lowest BCUT2D eigenvalue weighted by molar-refractivity contribution is -0.131. The highest BCUT2D eigenvalue weighted by atomic mass is 16.5. The molecule has 4 nitrogen and oxygen atoms in total. The molecule has 1 fully saturated rings. The molecule has 1 aliphatic heterocycles. The maximum absolute atomic E-state index is 10.7. The van der Waals surface area contributed by atoms with Crippen molar-refractivity contribution in [1.29, 1.82) is 0 Å². The molecule has 1 aliphatic rings. The van der Waals surface area contributed by atoms with Gasteiger partial charge in [-0.1, -0.05) is 19.4 Å². The van der Waals surface area contributed by atoms with Crippen molar-refractivity contribution in [3.8, 4) is 5.75 Å². The quantitative estimate of drug-likeness (QED) is 0.818. The van der Waals surface area contributed by atoms with Crippen molar-refractivity contribution in [3.63, 3.8) is 0 Å². The molecule has 1 aromatic rings. The summed E-state index contributed by atoms with van der Waals surface area (Å²) in [4.78, 5) is 13.1. The number of carbonyl (C=O) groups is 1. The van der Waals surface area contributed by atoms with Gasteiger partial charge >= 0.3 is 5.97 Å². The van der Waals surface area contributed by atoms with E-state index in [4.69, 9.17) is 9.84 Å². The van der Waals surface area contributed by atoms with Gasteiger partial charge in [0, 0.05) is 24.7 Å². The number of ether oxygens (including phenoxy) is 1. The van der Waals surface area contributed by atoms with Crippen LogP contribution in [0.25, 0.3) is 6.08 Å². The van der Waals surface area contributed by atoms with Crippen molar-refractivity contribution in [2.75, 3.05) is 20.2 Å². The second-order valence-corrected chi connectivity index (χ2v) is 5.55. The number of aliphatic carboxylic acids is 1. The summed E-state index contributed by atoms with van der Waals surface area (Å²) in [6.45, 7) is 5.46. The third kappa shape index (κ3) is 4.33. The van der Waals surface area contributed by atoms with Gasteiger partial charge in [0.05, 0.1) is 7.11 Å². The summed E-state index contributed by atoms with van der Waals surface area (Å²) in [6, 6.07) is 5.97. The van der Waals surface area contributed by atoms with Gasteiger partial charge in [-0.2, -0.15) is 0 Å². The van der Waals surface area contributed by atoms with E-state index in [0.29, 0.717) is 5.75 Å². The van der Waals surface area contributed by atoms with Gasteiger partial charge in [0.1, 0.15) is 5.75 Å². The van der Waals surface area contributed by atoms with Gasteiger partial charge in [0.2, 0.25) is 0 Å². The molecule has 0 radical (unpaired) electrons. The van der Waals surface area contributed by atoms with Crippen LogP contribution in [0.4, 0.5) is 0 Å². The highest BCUT2D eigenvalue weighted by Crippen LogP contribution is 2.25. The molecule has 21 heavy (non-hydrogen) atoms. The van der Waals surface area contributed by atoms with Crippen LogP contribution >= 0.6 is 0 Å². The van der Waals surface area contributed by atoms with Crippen LogP contribution in [0.2, 0.25) is 0 Å². The van der Waals surface area contributed by atoms with Gasteiger partial charge in [-0.3, -0.25) is 4.90 Å². The van der Waals surface area contributed by atoms with Crippen molar-refractivity contribution in [1.82, 2.24) is 4.90 Å². The van der Waals surface area contributed by atoms with E-state index in [1.165, 1.54) is 18.4 Å². The number of nitrogens with zero attached hydrogens (tertiary/aromatic N) is 1. The Morgan fingerprint density at radius 1 is 1.52 bits per heavy atom. The molecule has 1 saturated heterocycles. The van der Waals surface area contributed by atoms with Crippen LogP contribution in [0.3, 0.4) is 0 Å². The van der Waals surface area contributed by atoms with E-state index >= 15 is 0 Å². The average Bonchev–Trinajstić information content (AvgIpc) is 2.93. The Labute approximate surface area is 126 Å². The number of rotatable bonds is 6. The van der Waals surface area contributed by atoms with Gasteiger partial charge in [0.25, 0.3) is 0 Å². The number of methoxy groups -OCH3 is 1. The molecule has 1 heterocycles.